The number of aliphatic hydroxyl groups excluding tert-OH is 2. The Hall–Kier alpha value is -3.80. The second-order valence-electron chi connectivity index (χ2n) is 8.33. The van der Waals surface area contributed by atoms with Crippen molar-refractivity contribution < 1.29 is 39.1 Å². The van der Waals surface area contributed by atoms with Gasteiger partial charge in [0.1, 0.15) is 29.9 Å². The van der Waals surface area contributed by atoms with Gasteiger partial charge >= 0.3 is 5.97 Å². The van der Waals surface area contributed by atoms with Crippen molar-refractivity contribution in [3.8, 4) is 0 Å². The molecule has 2 aliphatic heterocycles. The molecule has 1 saturated heterocycles. The van der Waals surface area contributed by atoms with Crippen LogP contribution in [-0.2, 0) is 25.8 Å². The first kappa shape index (κ1) is 28.2. The maximum absolute atomic E-state index is 13.1. The lowest BCUT2D eigenvalue weighted by Crippen LogP contribution is -2.71. The molecular formula is C22H27N8O7S2+. The first-order chi connectivity index (χ1) is 18.8. The van der Waals surface area contributed by atoms with E-state index in [1.165, 1.54) is 35.3 Å². The van der Waals surface area contributed by atoms with E-state index in [-0.39, 0.29) is 55.1 Å². The summed E-state index contributed by atoms with van der Waals surface area (Å²) in [6.45, 7) is 0.433. The molecule has 15 nitrogen and oxygen atoms in total. The van der Waals surface area contributed by atoms with E-state index in [4.69, 9.17) is 10.6 Å². The number of rotatable bonds is 12. The van der Waals surface area contributed by atoms with Crippen LogP contribution in [0, 0.1) is 0 Å². The molecule has 2 aliphatic rings. The van der Waals surface area contributed by atoms with E-state index in [1.807, 2.05) is 0 Å². The van der Waals surface area contributed by atoms with Gasteiger partial charge in [0, 0.05) is 29.8 Å². The standard InChI is InChI=1S/C22H26N8O7S2/c1-37-27-15(13-11-39-22(23)25-13)18(33)26-16-19(34)30-17(21(35)36)12(10-38-20(16)30)8-28-3-2-24-14(9-28)29(4-6-31)5-7-32/h2-3,9,11,16,20,31-32H,4-8,10H2,1H3,(H3-,23,25,26,33,35,36)/p+1/b27-15-/t16?,20-/m1/s1. The van der Waals surface area contributed by atoms with Crippen molar-refractivity contribution in [2.75, 3.05) is 49.8 Å². The highest BCUT2D eigenvalue weighted by Crippen LogP contribution is 2.40. The van der Waals surface area contributed by atoms with Crippen LogP contribution >= 0.6 is 23.1 Å². The SMILES string of the molecule is CO/N=C(\C(=O)NC1C(=O)N2C(C(=O)O)=C(C[n+]3ccnc(N(CCO)CCO)c3)CS[C@H]12)c1csc(N)n1. The molecule has 0 bridgehead atoms. The number of carboxylic acids is 1. The molecule has 208 valence electrons. The number of hydrogen-bond acceptors (Lipinski definition) is 13. The number of hydrogen-bond donors (Lipinski definition) is 5. The predicted molar refractivity (Wildman–Crippen MR) is 141 cm³/mol. The zero-order chi connectivity index (χ0) is 28.1. The third-order valence-corrected chi connectivity index (χ3v) is 7.90. The summed E-state index contributed by atoms with van der Waals surface area (Å²) >= 11 is 2.44. The Morgan fingerprint density at radius 2 is 2.10 bits per heavy atom. The largest absolute Gasteiger partial charge is 0.477 e. The minimum Gasteiger partial charge on any atom is -0.477 e. The first-order valence-electron chi connectivity index (χ1n) is 11.6. The van der Waals surface area contributed by atoms with Crippen molar-refractivity contribution >= 4 is 57.5 Å². The fraction of sp³-hybridized carbons (Fsp3) is 0.409. The first-order valence-corrected chi connectivity index (χ1v) is 13.6. The summed E-state index contributed by atoms with van der Waals surface area (Å²) in [6, 6.07) is -0.970. The number of anilines is 2. The van der Waals surface area contributed by atoms with Crippen LogP contribution in [0.1, 0.15) is 5.69 Å². The van der Waals surface area contributed by atoms with Gasteiger partial charge in [-0.25, -0.2) is 14.8 Å². The zero-order valence-electron chi connectivity index (χ0n) is 20.8. The third kappa shape index (κ3) is 5.95. The molecule has 0 spiro atoms. The zero-order valence-corrected chi connectivity index (χ0v) is 22.4. The fourth-order valence-electron chi connectivity index (χ4n) is 4.19. The average Bonchev–Trinajstić information content (AvgIpc) is 3.35. The van der Waals surface area contributed by atoms with Gasteiger partial charge in [-0.05, 0) is 0 Å². The van der Waals surface area contributed by atoms with E-state index in [9.17, 15) is 29.7 Å². The van der Waals surface area contributed by atoms with Crippen LogP contribution in [0.2, 0.25) is 0 Å². The van der Waals surface area contributed by atoms with Crippen LogP contribution < -0.4 is 20.5 Å². The molecule has 4 heterocycles. The molecule has 4 rings (SSSR count). The molecule has 2 aromatic rings. The number of carbonyl (C=O) groups excluding carboxylic acids is 2. The van der Waals surface area contributed by atoms with Gasteiger partial charge in [-0.2, -0.15) is 4.57 Å². The van der Waals surface area contributed by atoms with Crippen LogP contribution in [0.3, 0.4) is 0 Å². The summed E-state index contributed by atoms with van der Waals surface area (Å²) in [5, 5.41) is 36.1. The molecule has 39 heavy (non-hydrogen) atoms. The maximum atomic E-state index is 13.1. The Labute approximate surface area is 230 Å². The van der Waals surface area contributed by atoms with Crippen molar-refractivity contribution in [3.63, 3.8) is 0 Å². The molecule has 6 N–H and O–H groups in total. The van der Waals surface area contributed by atoms with Crippen molar-refractivity contribution in [2.24, 2.45) is 5.16 Å². The van der Waals surface area contributed by atoms with Crippen molar-refractivity contribution in [3.05, 3.63) is 40.9 Å². The number of oxime groups is 1. The Morgan fingerprint density at radius 3 is 2.72 bits per heavy atom. The summed E-state index contributed by atoms with van der Waals surface area (Å²) in [5.74, 6) is -1.74. The molecule has 0 aromatic carbocycles. The van der Waals surface area contributed by atoms with Crippen LogP contribution in [-0.4, -0.2) is 104 Å². The van der Waals surface area contributed by atoms with Gasteiger partial charge in [-0.3, -0.25) is 14.5 Å². The monoisotopic (exact) mass is 579 g/mol. The predicted octanol–water partition coefficient (Wildman–Crippen LogP) is -2.01. The molecule has 2 aromatic heterocycles. The van der Waals surface area contributed by atoms with Gasteiger partial charge in [0.15, 0.2) is 29.4 Å². The maximum Gasteiger partial charge on any atom is 0.352 e. The van der Waals surface area contributed by atoms with Gasteiger partial charge in [-0.1, -0.05) is 5.16 Å². The Kier molecular flexibility index (Phi) is 8.95. The number of nitrogens with two attached hydrogens (primary N) is 1. The summed E-state index contributed by atoms with van der Waals surface area (Å²) in [4.78, 5) is 54.2. The molecule has 17 heteroatoms. The Balaban J connectivity index is 1.52. The number of nitrogens with one attached hydrogen (secondary N) is 1. The van der Waals surface area contributed by atoms with Crippen molar-refractivity contribution in [1.82, 2.24) is 20.2 Å². The lowest BCUT2D eigenvalue weighted by atomic mass is 10.0. The van der Waals surface area contributed by atoms with Crippen molar-refractivity contribution in [2.45, 2.75) is 18.0 Å². The number of aromatic nitrogens is 3. The molecule has 1 unspecified atom stereocenters. The highest BCUT2D eigenvalue weighted by Gasteiger charge is 2.54. The highest BCUT2D eigenvalue weighted by molar-refractivity contribution is 8.00. The molecule has 0 aliphatic carbocycles. The van der Waals surface area contributed by atoms with E-state index in [0.29, 0.717) is 17.1 Å². The topological polar surface area (TPSA) is 208 Å². The van der Waals surface area contributed by atoms with Crippen LogP contribution in [0.25, 0.3) is 0 Å². The van der Waals surface area contributed by atoms with Gasteiger partial charge < -0.3 is 36.1 Å². The average molecular weight is 580 g/mol. The number of β-lactam (4-membered cyclic amide) rings is 1. The van der Waals surface area contributed by atoms with Gasteiger partial charge in [0.2, 0.25) is 6.20 Å². The van der Waals surface area contributed by atoms with E-state index >= 15 is 0 Å². The minimum atomic E-state index is -1.26. The Bertz CT molecular complexity index is 1310. The number of amides is 2. The van der Waals surface area contributed by atoms with Crippen LogP contribution in [0.5, 0.6) is 0 Å². The Morgan fingerprint density at radius 1 is 1.36 bits per heavy atom. The van der Waals surface area contributed by atoms with Gasteiger partial charge in [-0.15, -0.1) is 23.1 Å². The van der Waals surface area contributed by atoms with E-state index in [2.05, 4.69) is 20.4 Å². The molecule has 2 amide bonds. The summed E-state index contributed by atoms with van der Waals surface area (Å²) in [7, 11) is 1.27. The van der Waals surface area contributed by atoms with Crippen molar-refractivity contribution in [1.29, 1.82) is 0 Å². The van der Waals surface area contributed by atoms with Crippen LogP contribution in [0.15, 0.2) is 40.4 Å². The number of thioether (sulfide) groups is 1. The molecule has 0 radical (unpaired) electrons. The smallest absolute Gasteiger partial charge is 0.352 e. The number of aliphatic carboxylic acids is 1. The van der Waals surface area contributed by atoms with E-state index in [1.54, 1.807) is 21.9 Å². The third-order valence-electron chi connectivity index (χ3n) is 5.88. The summed E-state index contributed by atoms with van der Waals surface area (Å²) < 4.78 is 1.72. The molecule has 2 atom stereocenters. The van der Waals surface area contributed by atoms with Gasteiger partial charge in [0.25, 0.3) is 11.8 Å². The van der Waals surface area contributed by atoms with E-state index < -0.39 is 29.2 Å². The fourth-order valence-corrected chi connectivity index (χ4v) is 6.07. The number of fused-ring (bicyclic) bond motifs is 1. The number of carboxylic acid groups (broad SMARTS) is 1. The molecular weight excluding hydrogens is 552 g/mol. The second-order valence-corrected chi connectivity index (χ2v) is 10.3. The van der Waals surface area contributed by atoms with Crippen LogP contribution in [0.4, 0.5) is 10.9 Å². The van der Waals surface area contributed by atoms with E-state index in [0.717, 1.165) is 11.3 Å². The number of nitrogen functional groups attached to an aromatic ring is 1. The second kappa shape index (κ2) is 12.4. The lowest BCUT2D eigenvalue weighted by molar-refractivity contribution is -0.688. The molecule has 1 fully saturated rings. The number of carbonyl (C=O) groups is 3. The number of aliphatic hydroxyl groups is 2. The lowest BCUT2D eigenvalue weighted by Gasteiger charge is -2.49. The summed E-state index contributed by atoms with van der Waals surface area (Å²) in [6.07, 6.45) is 4.87. The highest BCUT2D eigenvalue weighted by atomic mass is 32.2. The molecule has 0 saturated carbocycles. The minimum absolute atomic E-state index is 0.131. The normalized spacial score (nSPS) is 18.9. The number of nitrogens with zero attached hydrogens (tertiary/aromatic N) is 6. The van der Waals surface area contributed by atoms with Gasteiger partial charge in [0.05, 0.1) is 19.4 Å². The number of thiazole rings is 1. The quantitative estimate of drug-likeness (QED) is 0.0800. The summed E-state index contributed by atoms with van der Waals surface area (Å²) in [5.41, 5.74) is 6.04.